The van der Waals surface area contributed by atoms with Crippen LogP contribution in [0, 0.1) is 11.7 Å². The van der Waals surface area contributed by atoms with Crippen LogP contribution in [-0.4, -0.2) is 42.1 Å². The first-order valence-electron chi connectivity index (χ1n) is 10.4. The number of hydrogen-bond donors (Lipinski definition) is 0. The molecule has 0 spiro atoms. The Kier molecular flexibility index (Phi) is 6.43. The second-order valence-corrected chi connectivity index (χ2v) is 8.05. The SMILES string of the molecule is O=C(CCc1ccc(F)cc1)C1CC2COCC(C1)N2C(=O)OCc1ccccc1. The number of ketones is 1. The Morgan fingerprint density at radius 1 is 0.967 bits per heavy atom. The van der Waals surface area contributed by atoms with Crippen LogP contribution in [0.15, 0.2) is 54.6 Å². The molecule has 158 valence electrons. The minimum absolute atomic E-state index is 0.0810. The first-order chi connectivity index (χ1) is 14.6. The molecule has 2 bridgehead atoms. The molecule has 4 rings (SSSR count). The summed E-state index contributed by atoms with van der Waals surface area (Å²) in [6, 6.07) is 15.6. The standard InChI is InChI=1S/C24H26FNO4/c25-20-9-6-17(7-10-20)8-11-23(27)19-12-21-15-29-16-22(13-19)26(21)24(28)30-14-18-4-2-1-3-5-18/h1-7,9-10,19,21-22H,8,11-16H2. The molecular formula is C24H26FNO4. The summed E-state index contributed by atoms with van der Waals surface area (Å²) in [5.74, 6) is -0.152. The van der Waals surface area contributed by atoms with Gasteiger partial charge in [-0.15, -0.1) is 0 Å². The van der Waals surface area contributed by atoms with Crippen molar-refractivity contribution >= 4 is 11.9 Å². The van der Waals surface area contributed by atoms with E-state index in [2.05, 4.69) is 0 Å². The molecule has 2 fully saturated rings. The number of carbonyl (C=O) groups is 2. The summed E-state index contributed by atoms with van der Waals surface area (Å²) < 4.78 is 24.2. The minimum atomic E-state index is -0.339. The van der Waals surface area contributed by atoms with Gasteiger partial charge in [-0.1, -0.05) is 42.5 Å². The Labute approximate surface area is 175 Å². The zero-order valence-electron chi connectivity index (χ0n) is 16.8. The highest BCUT2D eigenvalue weighted by Crippen LogP contribution is 2.33. The lowest BCUT2D eigenvalue weighted by Gasteiger charge is -2.47. The summed E-state index contributed by atoms with van der Waals surface area (Å²) in [6.07, 6.45) is 1.88. The quantitative estimate of drug-likeness (QED) is 0.717. The van der Waals surface area contributed by atoms with Gasteiger partial charge in [0.15, 0.2) is 0 Å². The highest BCUT2D eigenvalue weighted by molar-refractivity contribution is 5.82. The fourth-order valence-corrected chi connectivity index (χ4v) is 4.39. The van der Waals surface area contributed by atoms with E-state index in [1.807, 2.05) is 30.3 Å². The molecular weight excluding hydrogens is 385 g/mol. The van der Waals surface area contributed by atoms with Crippen molar-refractivity contribution in [2.24, 2.45) is 5.92 Å². The number of carbonyl (C=O) groups excluding carboxylic acids is 2. The number of morpholine rings is 1. The molecule has 6 heteroatoms. The summed E-state index contributed by atoms with van der Waals surface area (Å²) in [4.78, 5) is 27.3. The van der Waals surface area contributed by atoms with E-state index in [9.17, 15) is 14.0 Å². The van der Waals surface area contributed by atoms with Gasteiger partial charge in [0.25, 0.3) is 0 Å². The average molecular weight is 411 g/mol. The van der Waals surface area contributed by atoms with Crippen molar-refractivity contribution in [2.75, 3.05) is 13.2 Å². The van der Waals surface area contributed by atoms with Crippen LogP contribution in [0.4, 0.5) is 9.18 Å². The summed E-state index contributed by atoms with van der Waals surface area (Å²) in [7, 11) is 0. The summed E-state index contributed by atoms with van der Waals surface area (Å²) in [5, 5.41) is 0. The number of piperidine rings is 1. The van der Waals surface area contributed by atoms with Gasteiger partial charge in [-0.05, 0) is 42.5 Å². The molecule has 2 aromatic rings. The largest absolute Gasteiger partial charge is 0.445 e. The maximum absolute atomic E-state index is 13.0. The maximum atomic E-state index is 13.0. The molecule has 2 aromatic carbocycles. The van der Waals surface area contributed by atoms with Crippen molar-refractivity contribution in [3.05, 3.63) is 71.5 Å². The lowest BCUT2D eigenvalue weighted by Crippen LogP contribution is -2.59. The monoisotopic (exact) mass is 411 g/mol. The lowest BCUT2D eigenvalue weighted by atomic mass is 9.81. The van der Waals surface area contributed by atoms with E-state index in [1.165, 1.54) is 12.1 Å². The Morgan fingerprint density at radius 2 is 1.63 bits per heavy atom. The third-order valence-corrected chi connectivity index (χ3v) is 5.97. The van der Waals surface area contributed by atoms with E-state index >= 15 is 0 Å². The highest BCUT2D eigenvalue weighted by Gasteiger charge is 2.44. The number of ether oxygens (including phenoxy) is 2. The molecule has 2 atom stereocenters. The molecule has 0 N–H and O–H groups in total. The second kappa shape index (κ2) is 9.39. The first kappa shape index (κ1) is 20.5. The molecule has 2 saturated heterocycles. The van der Waals surface area contributed by atoms with E-state index in [1.54, 1.807) is 17.0 Å². The van der Waals surface area contributed by atoms with Gasteiger partial charge in [0.1, 0.15) is 18.2 Å². The van der Waals surface area contributed by atoms with Gasteiger partial charge in [-0.25, -0.2) is 9.18 Å². The number of Topliss-reactive ketones (excluding diaryl/α,β-unsaturated/α-hetero) is 1. The Balaban J connectivity index is 1.32. The van der Waals surface area contributed by atoms with E-state index in [0.29, 0.717) is 38.9 Å². The Hall–Kier alpha value is -2.73. The lowest BCUT2D eigenvalue weighted by molar-refractivity contribution is -0.131. The van der Waals surface area contributed by atoms with Crippen LogP contribution in [0.5, 0.6) is 0 Å². The van der Waals surface area contributed by atoms with E-state index in [4.69, 9.17) is 9.47 Å². The third kappa shape index (κ3) is 4.87. The number of nitrogens with zero attached hydrogens (tertiary/aromatic N) is 1. The second-order valence-electron chi connectivity index (χ2n) is 8.05. The van der Waals surface area contributed by atoms with Crippen LogP contribution in [-0.2, 0) is 27.3 Å². The van der Waals surface area contributed by atoms with E-state index in [-0.39, 0.29) is 42.3 Å². The van der Waals surface area contributed by atoms with Gasteiger partial charge in [-0.2, -0.15) is 0 Å². The Bertz CT molecular complexity index is 857. The normalized spacial score (nSPS) is 23.1. The number of amides is 1. The van der Waals surface area contributed by atoms with Gasteiger partial charge in [0, 0.05) is 12.3 Å². The van der Waals surface area contributed by atoms with Crippen molar-refractivity contribution in [1.82, 2.24) is 4.90 Å². The van der Waals surface area contributed by atoms with Gasteiger partial charge in [0.2, 0.25) is 0 Å². The van der Waals surface area contributed by atoms with Crippen molar-refractivity contribution in [2.45, 2.75) is 44.4 Å². The van der Waals surface area contributed by atoms with Crippen LogP contribution in [0.2, 0.25) is 0 Å². The smallest absolute Gasteiger partial charge is 0.410 e. The van der Waals surface area contributed by atoms with Crippen LogP contribution >= 0.6 is 0 Å². The van der Waals surface area contributed by atoms with E-state index in [0.717, 1.165) is 11.1 Å². The van der Waals surface area contributed by atoms with Gasteiger partial charge >= 0.3 is 6.09 Å². The molecule has 0 saturated carbocycles. The van der Waals surface area contributed by atoms with Crippen molar-refractivity contribution in [1.29, 1.82) is 0 Å². The predicted octanol–water partition coefficient (Wildman–Crippen LogP) is 4.14. The Morgan fingerprint density at radius 3 is 2.30 bits per heavy atom. The average Bonchev–Trinajstić information content (AvgIpc) is 2.76. The number of benzene rings is 2. The summed E-state index contributed by atoms with van der Waals surface area (Å²) in [6.45, 7) is 1.09. The number of halogens is 1. The van der Waals surface area contributed by atoms with Gasteiger partial charge in [-0.3, -0.25) is 9.69 Å². The highest BCUT2D eigenvalue weighted by atomic mass is 19.1. The molecule has 2 aliphatic rings. The van der Waals surface area contributed by atoms with E-state index < -0.39 is 0 Å². The van der Waals surface area contributed by atoms with Crippen molar-refractivity contribution in [3.63, 3.8) is 0 Å². The summed E-state index contributed by atoms with van der Waals surface area (Å²) >= 11 is 0. The summed E-state index contributed by atoms with van der Waals surface area (Å²) in [5.41, 5.74) is 1.90. The first-order valence-corrected chi connectivity index (χ1v) is 10.4. The van der Waals surface area contributed by atoms with Gasteiger partial charge in [0.05, 0.1) is 25.3 Å². The molecule has 30 heavy (non-hydrogen) atoms. The molecule has 0 aromatic heterocycles. The topological polar surface area (TPSA) is 55.8 Å². The minimum Gasteiger partial charge on any atom is -0.445 e. The molecule has 0 aliphatic carbocycles. The van der Waals surface area contributed by atoms with Crippen LogP contribution < -0.4 is 0 Å². The van der Waals surface area contributed by atoms with Gasteiger partial charge < -0.3 is 9.47 Å². The molecule has 2 aliphatic heterocycles. The fourth-order valence-electron chi connectivity index (χ4n) is 4.39. The number of fused-ring (bicyclic) bond motifs is 2. The molecule has 1 amide bonds. The zero-order valence-corrected chi connectivity index (χ0v) is 16.8. The molecule has 5 nitrogen and oxygen atoms in total. The van der Waals surface area contributed by atoms with Crippen LogP contribution in [0.3, 0.4) is 0 Å². The maximum Gasteiger partial charge on any atom is 0.410 e. The van der Waals surface area contributed by atoms with Crippen molar-refractivity contribution in [3.8, 4) is 0 Å². The molecule has 2 heterocycles. The molecule has 2 unspecified atom stereocenters. The number of aryl methyl sites for hydroxylation is 1. The van der Waals surface area contributed by atoms with Crippen LogP contribution in [0.25, 0.3) is 0 Å². The third-order valence-electron chi connectivity index (χ3n) is 5.97. The number of rotatable bonds is 6. The predicted molar refractivity (Wildman–Crippen MR) is 109 cm³/mol. The molecule has 0 radical (unpaired) electrons. The fraction of sp³-hybridized carbons (Fsp3) is 0.417. The van der Waals surface area contributed by atoms with Crippen LogP contribution in [0.1, 0.15) is 30.4 Å². The zero-order chi connectivity index (χ0) is 20.9. The van der Waals surface area contributed by atoms with Crippen molar-refractivity contribution < 1.29 is 23.5 Å². The number of hydrogen-bond acceptors (Lipinski definition) is 4.